The number of hydrazine groups is 1. The van der Waals surface area contributed by atoms with Crippen LogP contribution in [0.2, 0.25) is 0 Å². The number of aryl methyl sites for hydroxylation is 1. The number of thioether (sulfide) groups is 1. The Labute approximate surface area is 166 Å². The van der Waals surface area contributed by atoms with Crippen LogP contribution in [-0.2, 0) is 5.75 Å². The zero-order chi connectivity index (χ0) is 18.5. The molecule has 0 atom stereocenters. The molecular formula is C17H15BrN4O2S2. The predicted molar refractivity (Wildman–Crippen MR) is 106 cm³/mol. The van der Waals surface area contributed by atoms with Gasteiger partial charge in [-0.3, -0.25) is 20.4 Å². The molecule has 0 fully saturated rings. The third-order valence-electron chi connectivity index (χ3n) is 3.36. The lowest BCUT2D eigenvalue weighted by molar-refractivity contribution is 0.0842. The molecule has 0 aliphatic carbocycles. The number of aromatic nitrogens is 2. The molecule has 3 aromatic rings. The maximum Gasteiger partial charge on any atom is 0.286 e. The molecule has 0 aliphatic rings. The summed E-state index contributed by atoms with van der Waals surface area (Å²) in [6, 6.07) is 8.89. The van der Waals surface area contributed by atoms with E-state index in [4.69, 9.17) is 0 Å². The molecule has 0 aliphatic heterocycles. The molecule has 2 amide bonds. The highest BCUT2D eigenvalue weighted by Crippen LogP contribution is 2.26. The fourth-order valence-electron chi connectivity index (χ4n) is 2.15. The van der Waals surface area contributed by atoms with E-state index in [1.807, 2.05) is 24.4 Å². The Kier molecular flexibility index (Phi) is 6.12. The Bertz CT molecular complexity index is 938. The molecule has 134 valence electrons. The number of carbonyl (C=O) groups excluding carboxylic acids is 2. The van der Waals surface area contributed by atoms with E-state index in [1.165, 1.54) is 11.8 Å². The summed E-state index contributed by atoms with van der Waals surface area (Å²) in [5.41, 5.74) is 6.68. The molecule has 2 heterocycles. The standard InChI is InChI=1S/C17H15BrN4O2S2/c1-10-20-12(8-25-10)9-26-15-5-3-2-4-13(15)16(23)21-22-17(24)14-6-11(18)7-19-14/h2-8,19H,9H2,1H3,(H,21,23)(H,22,24). The molecule has 0 unspecified atom stereocenters. The van der Waals surface area contributed by atoms with Gasteiger partial charge in [0.25, 0.3) is 11.8 Å². The van der Waals surface area contributed by atoms with Crippen LogP contribution in [0.1, 0.15) is 31.5 Å². The number of rotatable bonds is 5. The van der Waals surface area contributed by atoms with Crippen LogP contribution >= 0.6 is 39.0 Å². The van der Waals surface area contributed by atoms with Gasteiger partial charge < -0.3 is 4.98 Å². The van der Waals surface area contributed by atoms with Crippen molar-refractivity contribution < 1.29 is 9.59 Å². The van der Waals surface area contributed by atoms with Crippen LogP contribution < -0.4 is 10.9 Å². The smallest absolute Gasteiger partial charge is 0.286 e. The lowest BCUT2D eigenvalue weighted by Gasteiger charge is -2.10. The minimum atomic E-state index is -0.424. The summed E-state index contributed by atoms with van der Waals surface area (Å²) in [4.78, 5) is 32.5. The Hall–Kier alpha value is -2.10. The molecule has 2 aromatic heterocycles. The lowest BCUT2D eigenvalue weighted by Crippen LogP contribution is -2.41. The third-order valence-corrected chi connectivity index (χ3v) is 5.74. The first-order valence-electron chi connectivity index (χ1n) is 7.60. The zero-order valence-electron chi connectivity index (χ0n) is 13.7. The molecular weight excluding hydrogens is 436 g/mol. The van der Waals surface area contributed by atoms with Crippen molar-refractivity contribution >= 4 is 50.8 Å². The number of H-pyrrole nitrogens is 1. The van der Waals surface area contributed by atoms with Gasteiger partial charge in [0.05, 0.1) is 16.3 Å². The number of hydrogen-bond acceptors (Lipinski definition) is 5. The van der Waals surface area contributed by atoms with Gasteiger partial charge in [0.15, 0.2) is 0 Å². The monoisotopic (exact) mass is 450 g/mol. The SMILES string of the molecule is Cc1nc(CSc2ccccc2C(=O)NNC(=O)c2cc(Br)c[nH]2)cs1. The third kappa shape index (κ3) is 4.75. The van der Waals surface area contributed by atoms with E-state index in [-0.39, 0.29) is 5.91 Å². The normalized spacial score (nSPS) is 10.5. The van der Waals surface area contributed by atoms with E-state index in [0.29, 0.717) is 17.0 Å². The number of amides is 2. The maximum atomic E-state index is 12.4. The number of hydrogen-bond donors (Lipinski definition) is 3. The van der Waals surface area contributed by atoms with E-state index in [0.717, 1.165) is 20.1 Å². The van der Waals surface area contributed by atoms with Gasteiger partial charge in [-0.25, -0.2) is 4.98 Å². The van der Waals surface area contributed by atoms with E-state index < -0.39 is 5.91 Å². The molecule has 0 bridgehead atoms. The molecule has 3 rings (SSSR count). The minimum absolute atomic E-state index is 0.346. The first-order chi connectivity index (χ1) is 12.5. The summed E-state index contributed by atoms with van der Waals surface area (Å²) in [5, 5.41) is 3.03. The average Bonchev–Trinajstić information content (AvgIpc) is 3.26. The van der Waals surface area contributed by atoms with Crippen LogP contribution in [0.4, 0.5) is 0 Å². The zero-order valence-corrected chi connectivity index (χ0v) is 16.9. The van der Waals surface area contributed by atoms with Crippen LogP contribution in [0.3, 0.4) is 0 Å². The number of aromatic amines is 1. The van der Waals surface area contributed by atoms with Crippen LogP contribution in [0, 0.1) is 6.92 Å². The highest BCUT2D eigenvalue weighted by atomic mass is 79.9. The van der Waals surface area contributed by atoms with Gasteiger partial charge in [0.2, 0.25) is 0 Å². The Morgan fingerprint density at radius 1 is 1.27 bits per heavy atom. The molecule has 1 aromatic carbocycles. The number of halogens is 1. The van der Waals surface area contributed by atoms with Gasteiger partial charge >= 0.3 is 0 Å². The molecule has 0 spiro atoms. The minimum Gasteiger partial charge on any atom is -0.356 e. The molecule has 9 heteroatoms. The highest BCUT2D eigenvalue weighted by molar-refractivity contribution is 9.10. The van der Waals surface area contributed by atoms with Crippen molar-refractivity contribution in [1.82, 2.24) is 20.8 Å². The van der Waals surface area contributed by atoms with Crippen molar-refractivity contribution in [2.45, 2.75) is 17.6 Å². The summed E-state index contributed by atoms with van der Waals surface area (Å²) in [6.07, 6.45) is 1.64. The Morgan fingerprint density at radius 3 is 2.73 bits per heavy atom. The Morgan fingerprint density at radius 2 is 2.04 bits per heavy atom. The molecule has 0 radical (unpaired) electrons. The Balaban J connectivity index is 1.62. The van der Waals surface area contributed by atoms with Crippen LogP contribution in [0.25, 0.3) is 0 Å². The predicted octanol–water partition coefficient (Wildman–Crippen LogP) is 3.91. The van der Waals surface area contributed by atoms with E-state index >= 15 is 0 Å². The van der Waals surface area contributed by atoms with Gasteiger partial charge in [-0.05, 0) is 41.1 Å². The van der Waals surface area contributed by atoms with Gasteiger partial charge in [0, 0.05) is 26.7 Å². The number of nitrogens with one attached hydrogen (secondary N) is 3. The van der Waals surface area contributed by atoms with E-state index in [2.05, 4.69) is 36.7 Å². The summed E-state index contributed by atoms with van der Waals surface area (Å²) in [5.74, 6) is -0.119. The second-order valence-electron chi connectivity index (χ2n) is 5.28. The van der Waals surface area contributed by atoms with Gasteiger partial charge in [0.1, 0.15) is 5.69 Å². The molecule has 26 heavy (non-hydrogen) atoms. The largest absolute Gasteiger partial charge is 0.356 e. The van der Waals surface area contributed by atoms with Crippen molar-refractivity contribution in [1.29, 1.82) is 0 Å². The second kappa shape index (κ2) is 8.52. The first-order valence-corrected chi connectivity index (χ1v) is 10.3. The van der Waals surface area contributed by atoms with Crippen molar-refractivity contribution in [3.05, 3.63) is 68.3 Å². The fraction of sp³-hybridized carbons (Fsp3) is 0.118. The molecule has 0 saturated carbocycles. The summed E-state index contributed by atoms with van der Waals surface area (Å²) in [7, 11) is 0. The van der Waals surface area contributed by atoms with Crippen LogP contribution in [0.5, 0.6) is 0 Å². The topological polar surface area (TPSA) is 86.9 Å². The second-order valence-corrected chi connectivity index (χ2v) is 8.28. The summed E-state index contributed by atoms with van der Waals surface area (Å²) < 4.78 is 0.757. The van der Waals surface area contributed by atoms with Crippen LogP contribution in [0.15, 0.2) is 51.3 Å². The van der Waals surface area contributed by atoms with Crippen LogP contribution in [-0.4, -0.2) is 21.8 Å². The number of nitrogens with zero attached hydrogens (tertiary/aromatic N) is 1. The van der Waals surface area contributed by atoms with Gasteiger partial charge in [-0.15, -0.1) is 23.1 Å². The van der Waals surface area contributed by atoms with E-state index in [9.17, 15) is 9.59 Å². The van der Waals surface area contributed by atoms with Crippen molar-refractivity contribution in [3.8, 4) is 0 Å². The average molecular weight is 451 g/mol. The highest BCUT2D eigenvalue weighted by Gasteiger charge is 2.14. The number of thiazole rings is 1. The summed E-state index contributed by atoms with van der Waals surface area (Å²) >= 11 is 6.40. The van der Waals surface area contributed by atoms with E-state index in [1.54, 1.807) is 35.7 Å². The van der Waals surface area contributed by atoms with Crippen molar-refractivity contribution in [3.63, 3.8) is 0 Å². The molecule has 6 nitrogen and oxygen atoms in total. The maximum absolute atomic E-state index is 12.4. The first kappa shape index (κ1) is 18.7. The quantitative estimate of drug-likeness (QED) is 0.406. The summed E-state index contributed by atoms with van der Waals surface area (Å²) in [6.45, 7) is 1.96. The molecule has 3 N–H and O–H groups in total. The fourth-order valence-corrected chi connectivity index (χ4v) is 4.16. The molecule has 0 saturated heterocycles. The number of carbonyl (C=O) groups is 2. The van der Waals surface area contributed by atoms with Gasteiger partial charge in [-0.2, -0.15) is 0 Å². The van der Waals surface area contributed by atoms with Gasteiger partial charge in [-0.1, -0.05) is 12.1 Å². The van der Waals surface area contributed by atoms with Crippen molar-refractivity contribution in [2.75, 3.05) is 0 Å². The lowest BCUT2D eigenvalue weighted by atomic mass is 10.2. The number of benzene rings is 1. The van der Waals surface area contributed by atoms with Crippen molar-refractivity contribution in [2.24, 2.45) is 0 Å².